The third kappa shape index (κ3) is 2.27. The van der Waals surface area contributed by atoms with Crippen LogP contribution in [0, 0.1) is 0 Å². The zero-order valence-corrected chi connectivity index (χ0v) is 8.98. The van der Waals surface area contributed by atoms with E-state index in [0.29, 0.717) is 0 Å². The van der Waals surface area contributed by atoms with Crippen LogP contribution >= 0.6 is 11.8 Å². The minimum Gasteiger partial charge on any atom is -0.266 e. The molecule has 2 nitrogen and oxygen atoms in total. The molecule has 0 aliphatic carbocycles. The van der Waals surface area contributed by atoms with E-state index >= 15 is 0 Å². The molecule has 0 amide bonds. The molecular weight excluding hydrogens is 168 g/mol. The molecule has 0 unspecified atom stereocenters. The Labute approximate surface area is 78.4 Å². The summed E-state index contributed by atoms with van der Waals surface area (Å²) in [6.45, 7) is 8.61. The number of thioether (sulfide) groups is 1. The Morgan fingerprint density at radius 1 is 1.50 bits per heavy atom. The van der Waals surface area contributed by atoms with Gasteiger partial charge in [-0.2, -0.15) is 5.10 Å². The number of aromatic nitrogens is 2. The van der Waals surface area contributed by atoms with Crippen LogP contribution in [-0.4, -0.2) is 15.5 Å². The van der Waals surface area contributed by atoms with Gasteiger partial charge in [0.05, 0.1) is 11.7 Å². The van der Waals surface area contributed by atoms with Gasteiger partial charge in [0.1, 0.15) is 0 Å². The average molecular weight is 184 g/mol. The lowest BCUT2D eigenvalue weighted by Gasteiger charge is -2.18. The molecule has 0 saturated carbocycles. The van der Waals surface area contributed by atoms with Crippen LogP contribution < -0.4 is 0 Å². The zero-order valence-electron chi connectivity index (χ0n) is 8.16. The van der Waals surface area contributed by atoms with E-state index in [9.17, 15) is 0 Å². The number of hydrogen-bond acceptors (Lipinski definition) is 2. The Hall–Kier alpha value is -0.440. The minimum absolute atomic E-state index is 0.104. The van der Waals surface area contributed by atoms with Crippen molar-refractivity contribution in [3.05, 3.63) is 12.4 Å². The molecule has 0 aliphatic heterocycles. The molecule has 1 aromatic rings. The SMILES string of the molecule is CCSc1cnn(C(C)(C)C)c1. The fourth-order valence-corrected chi connectivity index (χ4v) is 1.54. The summed E-state index contributed by atoms with van der Waals surface area (Å²) in [7, 11) is 0. The summed E-state index contributed by atoms with van der Waals surface area (Å²) in [6.07, 6.45) is 4.04. The monoisotopic (exact) mass is 184 g/mol. The van der Waals surface area contributed by atoms with Crippen molar-refractivity contribution in [1.29, 1.82) is 0 Å². The summed E-state index contributed by atoms with van der Waals surface area (Å²) >= 11 is 1.83. The van der Waals surface area contributed by atoms with E-state index in [-0.39, 0.29) is 5.54 Å². The summed E-state index contributed by atoms with van der Waals surface area (Å²) in [5.41, 5.74) is 0.104. The largest absolute Gasteiger partial charge is 0.266 e. The highest BCUT2D eigenvalue weighted by Crippen LogP contribution is 2.20. The predicted molar refractivity (Wildman–Crippen MR) is 53.6 cm³/mol. The van der Waals surface area contributed by atoms with E-state index in [1.807, 2.05) is 22.6 Å². The Kier molecular flexibility index (Phi) is 2.83. The Morgan fingerprint density at radius 2 is 2.17 bits per heavy atom. The van der Waals surface area contributed by atoms with Crippen molar-refractivity contribution in [2.24, 2.45) is 0 Å². The smallest absolute Gasteiger partial charge is 0.0626 e. The second-order valence-corrected chi connectivity index (χ2v) is 5.06. The second-order valence-electron chi connectivity index (χ2n) is 3.72. The van der Waals surface area contributed by atoms with Crippen molar-refractivity contribution < 1.29 is 0 Å². The highest BCUT2D eigenvalue weighted by molar-refractivity contribution is 7.99. The van der Waals surface area contributed by atoms with Crippen molar-refractivity contribution in [2.45, 2.75) is 38.1 Å². The molecule has 0 N–H and O–H groups in total. The third-order valence-electron chi connectivity index (χ3n) is 1.56. The summed E-state index contributed by atoms with van der Waals surface area (Å²) in [4.78, 5) is 1.26. The lowest BCUT2D eigenvalue weighted by Crippen LogP contribution is -2.21. The quantitative estimate of drug-likeness (QED) is 0.658. The highest BCUT2D eigenvalue weighted by atomic mass is 32.2. The van der Waals surface area contributed by atoms with E-state index in [1.54, 1.807) is 0 Å². The molecule has 3 heteroatoms. The van der Waals surface area contributed by atoms with Gasteiger partial charge >= 0.3 is 0 Å². The van der Waals surface area contributed by atoms with Crippen molar-refractivity contribution in [2.75, 3.05) is 5.75 Å². The van der Waals surface area contributed by atoms with Gasteiger partial charge in [0.15, 0.2) is 0 Å². The number of hydrogen-bond donors (Lipinski definition) is 0. The molecule has 1 rings (SSSR count). The van der Waals surface area contributed by atoms with Gasteiger partial charge in [-0.3, -0.25) is 4.68 Å². The zero-order chi connectivity index (χ0) is 9.19. The normalized spacial score (nSPS) is 12.0. The van der Waals surface area contributed by atoms with Crippen LogP contribution in [0.4, 0.5) is 0 Å². The van der Waals surface area contributed by atoms with E-state index in [4.69, 9.17) is 0 Å². The lowest BCUT2D eigenvalue weighted by molar-refractivity contribution is 0.355. The molecule has 0 radical (unpaired) electrons. The summed E-state index contributed by atoms with van der Waals surface area (Å²) in [6, 6.07) is 0. The summed E-state index contributed by atoms with van der Waals surface area (Å²) in [5, 5.41) is 4.30. The van der Waals surface area contributed by atoms with Crippen LogP contribution in [-0.2, 0) is 5.54 Å². The number of rotatable bonds is 2. The molecule has 68 valence electrons. The van der Waals surface area contributed by atoms with Gasteiger partial charge in [-0.1, -0.05) is 6.92 Å². The van der Waals surface area contributed by atoms with Crippen LogP contribution in [0.25, 0.3) is 0 Å². The Morgan fingerprint density at radius 3 is 2.58 bits per heavy atom. The minimum atomic E-state index is 0.104. The van der Waals surface area contributed by atoms with E-state index in [2.05, 4.69) is 39.0 Å². The van der Waals surface area contributed by atoms with Gasteiger partial charge in [0, 0.05) is 11.1 Å². The van der Waals surface area contributed by atoms with Gasteiger partial charge in [-0.15, -0.1) is 11.8 Å². The van der Waals surface area contributed by atoms with Crippen molar-refractivity contribution in [3.8, 4) is 0 Å². The summed E-state index contributed by atoms with van der Waals surface area (Å²) < 4.78 is 2.00. The first-order valence-corrected chi connectivity index (χ1v) is 5.20. The molecule has 1 heterocycles. The fourth-order valence-electron chi connectivity index (χ4n) is 0.914. The topological polar surface area (TPSA) is 17.8 Å². The van der Waals surface area contributed by atoms with Gasteiger partial charge < -0.3 is 0 Å². The van der Waals surface area contributed by atoms with Crippen LogP contribution in [0.15, 0.2) is 17.3 Å². The van der Waals surface area contributed by atoms with Gasteiger partial charge in [0.25, 0.3) is 0 Å². The van der Waals surface area contributed by atoms with Gasteiger partial charge in [-0.05, 0) is 26.5 Å². The molecule has 12 heavy (non-hydrogen) atoms. The molecule has 0 fully saturated rings. The maximum atomic E-state index is 4.30. The first-order valence-electron chi connectivity index (χ1n) is 4.22. The van der Waals surface area contributed by atoms with Gasteiger partial charge in [0.2, 0.25) is 0 Å². The molecule has 1 aromatic heterocycles. The molecule has 0 atom stereocenters. The Bertz CT molecular complexity index is 247. The molecule has 0 aliphatic rings. The maximum Gasteiger partial charge on any atom is 0.0626 e. The third-order valence-corrected chi connectivity index (χ3v) is 2.39. The van der Waals surface area contributed by atoms with Crippen molar-refractivity contribution in [3.63, 3.8) is 0 Å². The standard InChI is InChI=1S/C9H16N2S/c1-5-12-8-6-10-11(7-8)9(2,3)4/h6-7H,5H2,1-4H3. The molecule has 0 bridgehead atoms. The van der Waals surface area contributed by atoms with Crippen LogP contribution in [0.1, 0.15) is 27.7 Å². The van der Waals surface area contributed by atoms with E-state index in [0.717, 1.165) is 5.75 Å². The highest BCUT2D eigenvalue weighted by Gasteiger charge is 2.13. The lowest BCUT2D eigenvalue weighted by atomic mass is 10.1. The molecule has 0 saturated heterocycles. The van der Waals surface area contributed by atoms with E-state index < -0.39 is 0 Å². The predicted octanol–water partition coefficient (Wildman–Crippen LogP) is 2.75. The first kappa shape index (κ1) is 9.65. The molecular formula is C9H16N2S. The second kappa shape index (κ2) is 3.52. The van der Waals surface area contributed by atoms with Crippen LogP contribution in [0.5, 0.6) is 0 Å². The first-order chi connectivity index (χ1) is 5.54. The van der Waals surface area contributed by atoms with Gasteiger partial charge in [-0.25, -0.2) is 0 Å². The van der Waals surface area contributed by atoms with E-state index in [1.165, 1.54) is 4.90 Å². The summed E-state index contributed by atoms with van der Waals surface area (Å²) in [5.74, 6) is 1.11. The Balaban J connectivity index is 2.77. The van der Waals surface area contributed by atoms with Crippen LogP contribution in [0.2, 0.25) is 0 Å². The molecule has 0 spiro atoms. The maximum absolute atomic E-state index is 4.30. The molecule has 0 aromatic carbocycles. The average Bonchev–Trinajstić information content (AvgIpc) is 2.35. The van der Waals surface area contributed by atoms with Crippen molar-refractivity contribution >= 4 is 11.8 Å². The van der Waals surface area contributed by atoms with Crippen LogP contribution in [0.3, 0.4) is 0 Å². The number of nitrogens with zero attached hydrogens (tertiary/aromatic N) is 2. The van der Waals surface area contributed by atoms with Crippen molar-refractivity contribution in [1.82, 2.24) is 9.78 Å². The fraction of sp³-hybridized carbons (Fsp3) is 0.667.